The number of rotatable bonds is 3. The van der Waals surface area contributed by atoms with Gasteiger partial charge in [-0.1, -0.05) is 6.08 Å². The van der Waals surface area contributed by atoms with Gasteiger partial charge in [-0.3, -0.25) is 0 Å². The molecule has 0 aromatic rings. The Kier molecular flexibility index (Phi) is 3.09. The number of ether oxygens (including phenoxy) is 2. The lowest BCUT2D eigenvalue weighted by atomic mass is 9.84. The standard InChI is InChI=1S/C11H16O4/c1-14-11-10-7(4-12)2-3-9(10)8(5-13)6-15-11/h2,6,9-13H,3-5H2,1H3. The predicted octanol–water partition coefficient (Wildman–Crippen LogP) is 0.420. The Labute approximate surface area is 88.8 Å². The third-order valence-electron chi connectivity index (χ3n) is 3.22. The number of aliphatic hydroxyl groups is 2. The van der Waals surface area contributed by atoms with Crippen LogP contribution < -0.4 is 0 Å². The van der Waals surface area contributed by atoms with Gasteiger partial charge in [-0.2, -0.15) is 0 Å². The molecule has 2 N–H and O–H groups in total. The fourth-order valence-corrected chi connectivity index (χ4v) is 2.42. The summed E-state index contributed by atoms with van der Waals surface area (Å²) in [6.45, 7) is 0.0350. The first kappa shape index (κ1) is 10.7. The quantitative estimate of drug-likeness (QED) is 0.666. The molecular formula is C11H16O4. The lowest BCUT2D eigenvalue weighted by Crippen LogP contribution is -2.35. The maximum absolute atomic E-state index is 9.22. The van der Waals surface area contributed by atoms with Crippen LogP contribution in [-0.4, -0.2) is 36.8 Å². The molecule has 15 heavy (non-hydrogen) atoms. The van der Waals surface area contributed by atoms with Gasteiger partial charge in [0.25, 0.3) is 0 Å². The molecular weight excluding hydrogens is 196 g/mol. The molecule has 4 heteroatoms. The van der Waals surface area contributed by atoms with E-state index in [1.54, 1.807) is 13.4 Å². The van der Waals surface area contributed by atoms with Crippen molar-refractivity contribution in [3.8, 4) is 0 Å². The molecule has 3 unspecified atom stereocenters. The van der Waals surface area contributed by atoms with Crippen molar-refractivity contribution in [1.29, 1.82) is 0 Å². The molecule has 0 saturated heterocycles. The summed E-state index contributed by atoms with van der Waals surface area (Å²) in [5.74, 6) is 0.267. The largest absolute Gasteiger partial charge is 0.472 e. The highest BCUT2D eigenvalue weighted by Crippen LogP contribution is 2.42. The van der Waals surface area contributed by atoms with Crippen molar-refractivity contribution in [2.45, 2.75) is 12.7 Å². The van der Waals surface area contributed by atoms with E-state index in [0.717, 1.165) is 17.6 Å². The number of allylic oxidation sites excluding steroid dienone is 1. The van der Waals surface area contributed by atoms with Crippen molar-refractivity contribution < 1.29 is 19.7 Å². The second-order valence-electron chi connectivity index (χ2n) is 3.90. The van der Waals surface area contributed by atoms with Crippen molar-refractivity contribution in [2.75, 3.05) is 20.3 Å². The zero-order chi connectivity index (χ0) is 10.8. The normalized spacial score (nSPS) is 34.2. The Bertz CT molecular complexity index is 295. The van der Waals surface area contributed by atoms with Gasteiger partial charge in [-0.15, -0.1) is 0 Å². The van der Waals surface area contributed by atoms with Gasteiger partial charge < -0.3 is 19.7 Å². The summed E-state index contributed by atoms with van der Waals surface area (Å²) >= 11 is 0. The Balaban J connectivity index is 2.24. The van der Waals surface area contributed by atoms with Crippen LogP contribution in [0, 0.1) is 11.8 Å². The van der Waals surface area contributed by atoms with Gasteiger partial charge in [0.15, 0.2) is 0 Å². The van der Waals surface area contributed by atoms with E-state index in [1.807, 2.05) is 6.08 Å². The third-order valence-corrected chi connectivity index (χ3v) is 3.22. The van der Waals surface area contributed by atoms with Crippen LogP contribution in [0.2, 0.25) is 0 Å². The fraction of sp³-hybridized carbons (Fsp3) is 0.636. The average molecular weight is 212 g/mol. The van der Waals surface area contributed by atoms with Crippen LogP contribution in [0.25, 0.3) is 0 Å². The molecule has 2 aliphatic rings. The average Bonchev–Trinajstić information content (AvgIpc) is 2.71. The number of fused-ring (bicyclic) bond motifs is 1. The van der Waals surface area contributed by atoms with E-state index in [0.29, 0.717) is 0 Å². The molecule has 0 amide bonds. The molecule has 2 rings (SSSR count). The van der Waals surface area contributed by atoms with Crippen molar-refractivity contribution in [3.63, 3.8) is 0 Å². The van der Waals surface area contributed by atoms with E-state index in [1.165, 1.54) is 0 Å². The van der Waals surface area contributed by atoms with Gasteiger partial charge in [-0.25, -0.2) is 0 Å². The highest BCUT2D eigenvalue weighted by Gasteiger charge is 2.41. The smallest absolute Gasteiger partial charge is 0.205 e. The first-order valence-electron chi connectivity index (χ1n) is 5.09. The zero-order valence-corrected chi connectivity index (χ0v) is 8.72. The molecule has 0 fully saturated rings. The van der Waals surface area contributed by atoms with E-state index in [9.17, 15) is 10.2 Å². The summed E-state index contributed by atoms with van der Waals surface area (Å²) in [4.78, 5) is 0. The molecule has 0 bridgehead atoms. The van der Waals surface area contributed by atoms with Crippen LogP contribution in [0.3, 0.4) is 0 Å². The second-order valence-corrected chi connectivity index (χ2v) is 3.90. The van der Waals surface area contributed by atoms with Crippen LogP contribution in [0.5, 0.6) is 0 Å². The molecule has 1 heterocycles. The Morgan fingerprint density at radius 2 is 2.13 bits per heavy atom. The number of hydrogen-bond donors (Lipinski definition) is 2. The monoisotopic (exact) mass is 212 g/mol. The molecule has 3 atom stereocenters. The topological polar surface area (TPSA) is 58.9 Å². The minimum Gasteiger partial charge on any atom is -0.472 e. The summed E-state index contributed by atoms with van der Waals surface area (Å²) in [5.41, 5.74) is 1.83. The minimum absolute atomic E-state index is 0.00412. The molecule has 0 aromatic heterocycles. The Hall–Kier alpha value is -0.840. The van der Waals surface area contributed by atoms with E-state index in [2.05, 4.69) is 0 Å². The van der Waals surface area contributed by atoms with Crippen molar-refractivity contribution in [2.24, 2.45) is 11.8 Å². The van der Waals surface area contributed by atoms with Crippen molar-refractivity contribution >= 4 is 0 Å². The van der Waals surface area contributed by atoms with Crippen LogP contribution in [0.1, 0.15) is 6.42 Å². The van der Waals surface area contributed by atoms with Gasteiger partial charge >= 0.3 is 0 Å². The zero-order valence-electron chi connectivity index (χ0n) is 8.72. The third kappa shape index (κ3) is 1.69. The van der Waals surface area contributed by atoms with Crippen molar-refractivity contribution in [3.05, 3.63) is 23.5 Å². The molecule has 84 valence electrons. The van der Waals surface area contributed by atoms with Gasteiger partial charge in [0.1, 0.15) is 0 Å². The number of aliphatic hydroxyl groups excluding tert-OH is 2. The SMILES string of the molecule is COC1OC=C(CO)C2CC=C(CO)C12. The highest BCUT2D eigenvalue weighted by molar-refractivity contribution is 5.26. The fourth-order valence-electron chi connectivity index (χ4n) is 2.42. The summed E-state index contributed by atoms with van der Waals surface area (Å²) < 4.78 is 10.6. The van der Waals surface area contributed by atoms with E-state index < -0.39 is 0 Å². The van der Waals surface area contributed by atoms with Gasteiger partial charge in [-0.05, 0) is 17.6 Å². The lowest BCUT2D eigenvalue weighted by Gasteiger charge is -2.34. The molecule has 0 spiro atoms. The first-order valence-corrected chi connectivity index (χ1v) is 5.09. The lowest BCUT2D eigenvalue weighted by molar-refractivity contribution is -0.130. The molecule has 0 radical (unpaired) electrons. The van der Waals surface area contributed by atoms with Crippen LogP contribution >= 0.6 is 0 Å². The van der Waals surface area contributed by atoms with E-state index in [4.69, 9.17) is 9.47 Å². The van der Waals surface area contributed by atoms with Crippen LogP contribution in [-0.2, 0) is 9.47 Å². The Morgan fingerprint density at radius 1 is 1.40 bits per heavy atom. The van der Waals surface area contributed by atoms with Gasteiger partial charge in [0.2, 0.25) is 6.29 Å². The summed E-state index contributed by atoms with van der Waals surface area (Å²) in [6.07, 6.45) is 4.10. The first-order chi connectivity index (χ1) is 7.31. The maximum Gasteiger partial charge on any atom is 0.205 e. The second kappa shape index (κ2) is 4.35. The van der Waals surface area contributed by atoms with Crippen LogP contribution in [0.15, 0.2) is 23.5 Å². The van der Waals surface area contributed by atoms with Gasteiger partial charge in [0.05, 0.1) is 25.4 Å². The Morgan fingerprint density at radius 3 is 2.73 bits per heavy atom. The van der Waals surface area contributed by atoms with E-state index >= 15 is 0 Å². The minimum atomic E-state index is -0.341. The molecule has 1 aliphatic carbocycles. The van der Waals surface area contributed by atoms with Gasteiger partial charge in [0, 0.05) is 13.0 Å². The molecule has 0 saturated carbocycles. The summed E-state index contributed by atoms with van der Waals surface area (Å²) in [6, 6.07) is 0. The summed E-state index contributed by atoms with van der Waals surface area (Å²) in [7, 11) is 1.59. The van der Waals surface area contributed by atoms with Crippen molar-refractivity contribution in [1.82, 2.24) is 0 Å². The van der Waals surface area contributed by atoms with E-state index in [-0.39, 0.29) is 31.3 Å². The number of methoxy groups -OCH3 is 1. The number of hydrogen-bond acceptors (Lipinski definition) is 4. The highest BCUT2D eigenvalue weighted by atomic mass is 16.7. The molecule has 4 nitrogen and oxygen atoms in total. The predicted molar refractivity (Wildman–Crippen MR) is 53.8 cm³/mol. The van der Waals surface area contributed by atoms with Crippen LogP contribution in [0.4, 0.5) is 0 Å². The molecule has 0 aromatic carbocycles. The maximum atomic E-state index is 9.22. The molecule has 1 aliphatic heterocycles. The summed E-state index contributed by atoms with van der Waals surface area (Å²) in [5, 5.41) is 18.4.